The van der Waals surface area contributed by atoms with Crippen molar-refractivity contribution >= 4 is 119 Å². The van der Waals surface area contributed by atoms with Gasteiger partial charge in [-0.15, -0.1) is 0 Å². The molecule has 0 spiro atoms. The smallest absolute Gasteiger partial charge is 0.410 e. The zero-order chi connectivity index (χ0) is 81.4. The van der Waals surface area contributed by atoms with Gasteiger partial charge in [-0.1, -0.05) is 0 Å². The first-order valence-electron chi connectivity index (χ1n) is 33.6. The zero-order valence-electron chi connectivity index (χ0n) is 65.8. The molecule has 4 fully saturated rings. The molecule has 4 aliphatic heterocycles. The lowest BCUT2D eigenvalue weighted by Crippen LogP contribution is -2.45. The number of benzene rings is 4. The van der Waals surface area contributed by atoms with E-state index >= 15 is 0 Å². The minimum absolute atomic E-state index is 0. The summed E-state index contributed by atoms with van der Waals surface area (Å²) in [4.78, 5) is 195. The number of carboxylic acid groups (broad SMARTS) is 8. The van der Waals surface area contributed by atoms with Gasteiger partial charge in [0.05, 0.1) is 67.3 Å². The quantitative estimate of drug-likeness (QED) is 0.0716. The van der Waals surface area contributed by atoms with Crippen LogP contribution >= 0.6 is 0 Å². The molecule has 4 aromatic rings. The number of likely N-dealkylation sites (tertiary alicyclic amines) is 4. The summed E-state index contributed by atoms with van der Waals surface area (Å²) >= 11 is 0. The van der Waals surface area contributed by atoms with E-state index in [9.17, 15) is 97.1 Å². The number of carbonyl (C=O) groups is 16. The number of carbonyl (C=O) groups excluding carboxylic acids is 8. The molecule has 0 aromatic heterocycles. The molecule has 4 heterocycles. The van der Waals surface area contributed by atoms with E-state index < -0.39 is 142 Å². The fourth-order valence-corrected chi connectivity index (χ4v) is 11.0. The fourth-order valence-electron chi connectivity index (χ4n) is 11.0. The van der Waals surface area contributed by atoms with Gasteiger partial charge >= 0.3 is 72.1 Å². The van der Waals surface area contributed by atoms with E-state index in [-0.39, 0.29) is 117 Å². The van der Waals surface area contributed by atoms with Crippen molar-refractivity contribution in [2.75, 3.05) is 47.4 Å². The Morgan fingerprint density at radius 3 is 0.556 bits per heavy atom. The lowest BCUT2D eigenvalue weighted by molar-refractivity contribution is -0.121. The van der Waals surface area contributed by atoms with Gasteiger partial charge in [0, 0.05) is 26.2 Å². The van der Waals surface area contributed by atoms with Gasteiger partial charge < -0.3 is 130 Å². The van der Waals surface area contributed by atoms with Crippen molar-refractivity contribution in [2.24, 2.45) is 0 Å². The molecule has 0 unspecified atom stereocenters. The van der Waals surface area contributed by atoms with Crippen molar-refractivity contribution in [3.63, 3.8) is 0 Å². The number of amides is 8. The Bertz CT molecular complexity index is 3670. The predicted octanol–water partition coefficient (Wildman–Crippen LogP) is 2.26. The number of nitrogens with zero attached hydrogens (tertiary/aromatic N) is 4. The van der Waals surface area contributed by atoms with E-state index in [0.29, 0.717) is 77.5 Å². The Morgan fingerprint density at radius 1 is 0.274 bits per heavy atom. The molecule has 4 saturated heterocycles. The summed E-state index contributed by atoms with van der Waals surface area (Å²) in [6.07, 6.45) is 1.45. The molecule has 656 valence electrons. The van der Waals surface area contributed by atoms with Crippen LogP contribution in [0.5, 0.6) is 0 Å². The summed E-state index contributed by atoms with van der Waals surface area (Å²) in [7, 11) is 0. The number of hydrogen-bond donors (Lipinski definition) is 12. The van der Waals surface area contributed by atoms with E-state index in [4.69, 9.17) is 39.4 Å². The highest BCUT2D eigenvalue weighted by Gasteiger charge is 2.42. The van der Waals surface area contributed by atoms with Crippen molar-refractivity contribution in [3.05, 3.63) is 117 Å². The van der Waals surface area contributed by atoms with Crippen molar-refractivity contribution in [3.8, 4) is 0 Å². The number of carboxylic acids is 8. The molecule has 4 aromatic carbocycles. The second-order valence-electron chi connectivity index (χ2n) is 28.8. The fraction of sp³-hybridized carbons (Fsp3) is 0.444. The third-order valence-corrected chi connectivity index (χ3v) is 15.8. The molecule has 0 bridgehead atoms. The van der Waals surface area contributed by atoms with Crippen LogP contribution in [0.3, 0.4) is 0 Å². The number of hydrogen-bond acceptors (Lipinski definition) is 20. The molecule has 8 rings (SSSR count). The van der Waals surface area contributed by atoms with Crippen LogP contribution < -0.4 is 21.3 Å². The SMILES string of the molecule is CC(C)(C)OC(=O)N1CCC[C@H]1C(=O)Nc1cc(C(=O)O)ccc1C(=O)O.CC(C)(C)OC(=O)N1CCC[C@H]1C(=O)Nc1cc(C(=O)O)ccc1C(=O)O.CC(C)(C)OC(=O)N1CCC[C@H]1C(=O)Nc1cc(C(=O)O)ccc1C(=O)O.CC(C)(C)OC(=O)N1CCC[C@H]1C(=O)Nc1cc(C(=O)O)ccc1C(=O)O.O.O.O.O.O.O.O.O.O. The summed E-state index contributed by atoms with van der Waals surface area (Å²) in [5.41, 5.74) is -5.01. The van der Waals surface area contributed by atoms with Crippen LogP contribution in [-0.2, 0) is 38.1 Å². The van der Waals surface area contributed by atoms with Crippen LogP contribution in [0.25, 0.3) is 0 Å². The normalized spacial score (nSPS) is 15.4. The minimum atomic E-state index is -1.31. The van der Waals surface area contributed by atoms with Gasteiger partial charge in [-0.05, 0) is 207 Å². The number of anilines is 4. The van der Waals surface area contributed by atoms with Gasteiger partial charge in [0.2, 0.25) is 23.6 Å². The van der Waals surface area contributed by atoms with Crippen molar-refractivity contribution in [2.45, 2.75) is 181 Å². The lowest BCUT2D eigenvalue weighted by atomic mass is 10.1. The van der Waals surface area contributed by atoms with Crippen LogP contribution in [0.2, 0.25) is 0 Å². The topological polar surface area (TPSA) is 816 Å². The number of aromatic carboxylic acids is 8. The average molecular weight is 1680 g/mol. The van der Waals surface area contributed by atoms with Gasteiger partial charge in [0.25, 0.3) is 0 Å². The maximum absolute atomic E-state index is 12.7. The van der Waals surface area contributed by atoms with Crippen molar-refractivity contribution in [1.82, 2.24) is 19.6 Å². The first-order chi connectivity index (χ1) is 50.0. The molecule has 45 heteroatoms. The lowest BCUT2D eigenvalue weighted by Gasteiger charge is -2.28. The highest BCUT2D eigenvalue weighted by Crippen LogP contribution is 2.30. The molecule has 0 radical (unpaired) electrons. The molecule has 4 atom stereocenters. The van der Waals surface area contributed by atoms with E-state index in [1.54, 1.807) is 83.1 Å². The van der Waals surface area contributed by atoms with Crippen LogP contribution in [0.1, 0.15) is 217 Å². The van der Waals surface area contributed by atoms with Crippen molar-refractivity contribution < 1.29 is 186 Å². The molecule has 0 aliphatic carbocycles. The Morgan fingerprint density at radius 2 is 0.427 bits per heavy atom. The highest BCUT2D eigenvalue weighted by atomic mass is 16.6. The summed E-state index contributed by atoms with van der Waals surface area (Å²) in [5.74, 6) is -12.6. The molecule has 45 nitrogen and oxygen atoms in total. The van der Waals surface area contributed by atoms with E-state index in [1.807, 2.05) is 0 Å². The summed E-state index contributed by atoms with van der Waals surface area (Å²) in [6.45, 7) is 21.9. The van der Waals surface area contributed by atoms with Crippen LogP contribution in [0.4, 0.5) is 41.9 Å². The second kappa shape index (κ2) is 47.2. The van der Waals surface area contributed by atoms with Crippen molar-refractivity contribution in [1.29, 1.82) is 0 Å². The first-order valence-corrected chi connectivity index (χ1v) is 33.6. The molecular weight excluding hydrogens is 1570 g/mol. The predicted molar refractivity (Wildman–Crippen MR) is 412 cm³/mol. The number of nitrogens with one attached hydrogen (secondary N) is 4. The summed E-state index contributed by atoms with van der Waals surface area (Å²) in [5, 5.41) is 83.1. The Hall–Kier alpha value is -12.8. The zero-order valence-corrected chi connectivity index (χ0v) is 65.8. The van der Waals surface area contributed by atoms with Gasteiger partial charge in [-0.3, -0.25) is 38.8 Å². The van der Waals surface area contributed by atoms with Crippen LogP contribution in [0.15, 0.2) is 72.8 Å². The molecule has 117 heavy (non-hydrogen) atoms. The summed E-state index contributed by atoms with van der Waals surface area (Å²) in [6, 6.07) is 10.0. The molecule has 8 amide bonds. The Kier molecular flexibility index (Phi) is 45.5. The van der Waals surface area contributed by atoms with Gasteiger partial charge in [-0.2, -0.15) is 0 Å². The number of ether oxygens (including phenoxy) is 4. The minimum Gasteiger partial charge on any atom is -0.478 e. The van der Waals surface area contributed by atoms with Gasteiger partial charge in [0.15, 0.2) is 0 Å². The molecular formula is C72H106N8O37. The maximum Gasteiger partial charge on any atom is 0.410 e. The average Bonchev–Trinajstić information content (AvgIpc) is 1.64. The Labute approximate surface area is 667 Å². The third kappa shape index (κ3) is 32.9. The van der Waals surface area contributed by atoms with E-state index in [2.05, 4.69) is 21.3 Å². The van der Waals surface area contributed by atoms with Gasteiger partial charge in [-0.25, -0.2) is 57.5 Å². The first kappa shape index (κ1) is 113. The number of rotatable bonds is 16. The third-order valence-electron chi connectivity index (χ3n) is 15.8. The molecule has 4 aliphatic rings. The summed E-state index contributed by atoms with van der Waals surface area (Å²) < 4.78 is 21.2. The Balaban J connectivity index is -0.000000465. The van der Waals surface area contributed by atoms with Gasteiger partial charge in [0.1, 0.15) is 46.6 Å². The standard InChI is InChI=1S/4C18H22N2O7.9H2O/c4*1-18(2,3)27-17(26)20-8-4-5-13(20)14(21)19-12-9-10(15(22)23)6-7-11(12)16(24)25;;;;;;;;;/h4*6-7,9,13H,4-5,8H2,1-3H3,(H,19,21)(H,22,23)(H,24,25);9*1H2/t4*13-;;;;;;;;;/m0000........./s1. The molecule has 0 saturated carbocycles. The van der Waals surface area contributed by atoms with E-state index in [0.717, 1.165) is 72.8 Å². The monoisotopic (exact) mass is 1670 g/mol. The van der Waals surface area contributed by atoms with Crippen LogP contribution in [-0.4, -0.2) is 278 Å². The maximum atomic E-state index is 12.7. The largest absolute Gasteiger partial charge is 0.478 e. The van der Waals surface area contributed by atoms with Crippen LogP contribution in [0, 0.1) is 0 Å². The van der Waals surface area contributed by atoms with E-state index in [1.165, 1.54) is 19.6 Å². The second-order valence-corrected chi connectivity index (χ2v) is 28.8. The highest BCUT2D eigenvalue weighted by molar-refractivity contribution is 6.08. The molecule has 30 N–H and O–H groups in total.